The van der Waals surface area contributed by atoms with E-state index < -0.39 is 0 Å². The number of aromatic nitrogens is 2. The maximum Gasteiger partial charge on any atom is 0.135 e. The van der Waals surface area contributed by atoms with E-state index in [0.717, 1.165) is 44.9 Å². The van der Waals surface area contributed by atoms with E-state index in [4.69, 9.17) is 9.72 Å². The Hall–Kier alpha value is -6.98. The molecule has 0 atom stereocenters. The third-order valence-electron chi connectivity index (χ3n) is 18.3. The average molecular weight is 1360 g/mol. The number of para-hydroxylation sites is 2. The molecule has 7 heteroatoms. The molecular weight excluding hydrogens is 1270 g/mol. The van der Waals surface area contributed by atoms with Crippen LogP contribution in [0.5, 0.6) is 11.5 Å². The summed E-state index contributed by atoms with van der Waals surface area (Å²) in [7, 11) is 0. The molecule has 0 unspecified atom stereocenters. The van der Waals surface area contributed by atoms with Crippen molar-refractivity contribution in [3.05, 3.63) is 209 Å². The van der Waals surface area contributed by atoms with Crippen molar-refractivity contribution in [1.82, 2.24) is 9.55 Å². The molecule has 8 aromatic carbocycles. The zero-order valence-corrected chi connectivity index (χ0v) is 58.9. The Balaban J connectivity index is 0.00000800. The molecule has 3 aromatic heterocycles. The SMILES string of the molecule is Cc1c(C)c(-c2cc(C(C)(C)C)cc(C(C)(C)C)c2)c(N2[CH-]N(c3[c-]c(Oc4[c-]c5c(cc4C(C)(C)C)c4c6sc7ccccc7c6ccc4n5-c4cc(C(C)(C)C)ccn4)ccc3)c3ccccc32)c(-c2cc(C(C)(C)C)cc(C(C)(C)C)c2)c1C.[Pt]. The summed E-state index contributed by atoms with van der Waals surface area (Å²) in [6.45, 7) is 51.0. The molecule has 1 aliphatic rings. The number of hydrogen-bond acceptors (Lipinski definition) is 5. The minimum absolute atomic E-state index is 0. The van der Waals surface area contributed by atoms with E-state index in [0.29, 0.717) is 11.5 Å². The first-order valence-corrected chi connectivity index (χ1v) is 32.0. The third kappa shape index (κ3) is 11.1. The predicted molar refractivity (Wildman–Crippen MR) is 374 cm³/mol. The first-order chi connectivity index (χ1) is 40.7. The van der Waals surface area contributed by atoms with E-state index in [1.165, 1.54) is 98.0 Å². The van der Waals surface area contributed by atoms with E-state index in [9.17, 15) is 0 Å². The van der Waals surface area contributed by atoms with Gasteiger partial charge in [-0.2, -0.15) is 12.1 Å². The monoisotopic (exact) mass is 1360 g/mol. The first-order valence-electron chi connectivity index (χ1n) is 31.2. The number of hydrogen-bond donors (Lipinski definition) is 0. The number of fused-ring (bicyclic) bond motifs is 8. The summed E-state index contributed by atoms with van der Waals surface area (Å²) in [5.41, 5.74) is 21.8. The largest absolute Gasteiger partial charge is 0.509 e. The summed E-state index contributed by atoms with van der Waals surface area (Å²) < 4.78 is 12.1. The van der Waals surface area contributed by atoms with Crippen LogP contribution in [0.3, 0.4) is 0 Å². The van der Waals surface area contributed by atoms with Gasteiger partial charge in [-0.3, -0.25) is 0 Å². The minimum Gasteiger partial charge on any atom is -0.509 e. The van der Waals surface area contributed by atoms with E-state index in [2.05, 4.69) is 306 Å². The van der Waals surface area contributed by atoms with E-state index in [-0.39, 0.29) is 53.6 Å². The number of thiophene rings is 1. The Labute approximate surface area is 543 Å². The molecular formula is C81H87N4OPtS-3. The van der Waals surface area contributed by atoms with Crippen molar-refractivity contribution >= 4 is 76.1 Å². The van der Waals surface area contributed by atoms with Crippen LogP contribution in [0.1, 0.15) is 175 Å². The van der Waals surface area contributed by atoms with Crippen molar-refractivity contribution < 1.29 is 25.8 Å². The molecule has 11 aromatic rings. The molecule has 0 aliphatic carbocycles. The number of pyridine rings is 1. The Morgan fingerprint density at radius 3 is 1.56 bits per heavy atom. The number of anilines is 4. The van der Waals surface area contributed by atoms with Crippen LogP contribution in [0, 0.1) is 39.6 Å². The van der Waals surface area contributed by atoms with Crippen LogP contribution in [-0.4, -0.2) is 9.55 Å². The zero-order valence-electron chi connectivity index (χ0n) is 55.8. The van der Waals surface area contributed by atoms with Gasteiger partial charge in [-0.1, -0.05) is 208 Å². The van der Waals surface area contributed by atoms with Crippen molar-refractivity contribution in [2.75, 3.05) is 9.80 Å². The van der Waals surface area contributed by atoms with Crippen LogP contribution >= 0.6 is 11.3 Å². The Kier molecular flexibility index (Phi) is 15.6. The van der Waals surface area contributed by atoms with Gasteiger partial charge >= 0.3 is 0 Å². The summed E-state index contributed by atoms with van der Waals surface area (Å²) >= 11 is 1.86. The molecule has 5 nitrogen and oxygen atoms in total. The molecule has 0 radical (unpaired) electrons. The van der Waals surface area contributed by atoms with Gasteiger partial charge in [0.1, 0.15) is 5.82 Å². The smallest absolute Gasteiger partial charge is 0.135 e. The second kappa shape index (κ2) is 21.9. The topological polar surface area (TPSA) is 33.5 Å². The quantitative estimate of drug-likeness (QED) is 0.149. The van der Waals surface area contributed by atoms with Crippen molar-refractivity contribution in [2.45, 2.75) is 178 Å². The molecule has 0 saturated heterocycles. The fraction of sp³-hybridized carbons (Fsp3) is 0.333. The van der Waals surface area contributed by atoms with Crippen molar-refractivity contribution in [3.8, 4) is 39.6 Å². The van der Waals surface area contributed by atoms with Crippen LogP contribution < -0.4 is 14.5 Å². The maximum absolute atomic E-state index is 7.30. The number of ether oxygens (including phenoxy) is 1. The number of rotatable bonds is 7. The second-order valence-corrected chi connectivity index (χ2v) is 31.9. The zero-order chi connectivity index (χ0) is 62.4. The van der Waals surface area contributed by atoms with Gasteiger partial charge in [0, 0.05) is 92.6 Å². The standard InChI is InChI=1S/C81H87N4OS.Pt/c1-48-49(2)71(51-37-54(77(7,8)9)41-55(38-51)78(10,11)12)74(72(50(48)3)52-39-56(79(13,14)15)42-57(40-52)80(16,17)18)84-47-83(64-30-23-24-31-65(64)84)58-27-26-28-59(44-58)86-68-46-67-62(45-63(68)81(19,20)21)73-66(85(67)70-43-53(35-36-82-70)76(4,5)6)34-33-61-60-29-22-25-32-69(60)87-75(61)73;/h22-43,45,47H,1-21H3;/q-3;. The summed E-state index contributed by atoms with van der Waals surface area (Å²) in [5, 5.41) is 4.87. The number of benzene rings is 8. The fourth-order valence-electron chi connectivity index (χ4n) is 12.7. The van der Waals surface area contributed by atoms with E-state index in [1.54, 1.807) is 0 Å². The summed E-state index contributed by atoms with van der Waals surface area (Å²) in [6.07, 6.45) is 1.95. The molecule has 0 N–H and O–H groups in total. The van der Waals surface area contributed by atoms with Gasteiger partial charge in [-0.05, 0) is 145 Å². The summed E-state index contributed by atoms with van der Waals surface area (Å²) in [6, 6.07) is 57.8. The molecule has 0 spiro atoms. The van der Waals surface area contributed by atoms with Gasteiger partial charge < -0.3 is 19.1 Å². The third-order valence-corrected chi connectivity index (χ3v) is 19.5. The van der Waals surface area contributed by atoms with Crippen LogP contribution in [0.2, 0.25) is 0 Å². The van der Waals surface area contributed by atoms with Crippen LogP contribution in [0.15, 0.2) is 140 Å². The van der Waals surface area contributed by atoms with Crippen molar-refractivity contribution in [1.29, 1.82) is 0 Å². The molecule has 0 saturated carbocycles. The second-order valence-electron chi connectivity index (χ2n) is 30.9. The Morgan fingerprint density at radius 1 is 0.477 bits per heavy atom. The molecule has 4 heterocycles. The van der Waals surface area contributed by atoms with Crippen molar-refractivity contribution in [3.63, 3.8) is 0 Å². The number of nitrogens with zero attached hydrogens (tertiary/aromatic N) is 4. The van der Waals surface area contributed by atoms with E-state index >= 15 is 0 Å². The Bertz CT molecular complexity index is 4400. The van der Waals surface area contributed by atoms with Gasteiger partial charge in [0.15, 0.2) is 0 Å². The molecule has 0 bridgehead atoms. The summed E-state index contributed by atoms with van der Waals surface area (Å²) in [4.78, 5) is 9.89. The molecule has 456 valence electrons. The molecule has 1 aliphatic heterocycles. The maximum atomic E-state index is 7.30. The molecule has 0 fully saturated rings. The van der Waals surface area contributed by atoms with Crippen LogP contribution in [0.25, 0.3) is 70.0 Å². The fourth-order valence-corrected chi connectivity index (χ4v) is 14.0. The predicted octanol–water partition coefficient (Wildman–Crippen LogP) is 23.4. The van der Waals surface area contributed by atoms with Gasteiger partial charge in [0.25, 0.3) is 0 Å². The van der Waals surface area contributed by atoms with Gasteiger partial charge in [-0.25, -0.2) is 4.98 Å². The van der Waals surface area contributed by atoms with E-state index in [1.807, 2.05) is 23.6 Å². The normalized spacial score (nSPS) is 13.6. The van der Waals surface area contributed by atoms with Crippen LogP contribution in [-0.2, 0) is 53.6 Å². The van der Waals surface area contributed by atoms with Gasteiger partial charge in [0.2, 0.25) is 0 Å². The first kappa shape index (κ1) is 62.6. The summed E-state index contributed by atoms with van der Waals surface area (Å²) in [5.74, 6) is 2.12. The molecule has 88 heavy (non-hydrogen) atoms. The van der Waals surface area contributed by atoms with Gasteiger partial charge in [0.05, 0.1) is 0 Å². The minimum atomic E-state index is -0.313. The Morgan fingerprint density at radius 2 is 1.01 bits per heavy atom. The van der Waals surface area contributed by atoms with Gasteiger partial charge in [-0.15, -0.1) is 58.9 Å². The molecule has 0 amide bonds. The van der Waals surface area contributed by atoms with Crippen molar-refractivity contribution in [2.24, 2.45) is 0 Å². The average Bonchev–Trinajstić information content (AvgIpc) is 1.48. The molecule has 12 rings (SSSR count). The van der Waals surface area contributed by atoms with Crippen LogP contribution in [0.4, 0.5) is 22.7 Å².